The van der Waals surface area contributed by atoms with Gasteiger partial charge in [0.25, 0.3) is 0 Å². The van der Waals surface area contributed by atoms with Gasteiger partial charge in [-0.15, -0.1) is 0 Å². The van der Waals surface area contributed by atoms with Crippen molar-refractivity contribution in [2.24, 2.45) is 0 Å². The molecular formula is CH5ClO7P2. The van der Waals surface area contributed by atoms with Crippen LogP contribution in [0.3, 0.4) is 0 Å². The molecule has 0 fully saturated rings. The second-order valence-electron chi connectivity index (χ2n) is 1.64. The SMILES string of the molecule is O=P(O)(O)C(O)(Cl)P(=O)(O)O. The van der Waals surface area contributed by atoms with Gasteiger partial charge in [0.05, 0.1) is 0 Å². The van der Waals surface area contributed by atoms with Crippen LogP contribution in [0.5, 0.6) is 0 Å². The normalized spacial score (nSPS) is 15.1. The maximum atomic E-state index is 10.1. The molecule has 0 atom stereocenters. The van der Waals surface area contributed by atoms with Gasteiger partial charge in [-0.05, 0) is 0 Å². The number of halogens is 1. The summed E-state index contributed by atoms with van der Waals surface area (Å²) in [5.74, 6) is 0. The lowest BCUT2D eigenvalue weighted by molar-refractivity contribution is 0.192. The molecule has 0 saturated carbocycles. The summed E-state index contributed by atoms with van der Waals surface area (Å²) >= 11 is 4.52. The van der Waals surface area contributed by atoms with Crippen molar-refractivity contribution in [3.05, 3.63) is 0 Å². The van der Waals surface area contributed by atoms with E-state index in [4.69, 9.17) is 24.7 Å². The van der Waals surface area contributed by atoms with E-state index in [1.165, 1.54) is 0 Å². The molecule has 11 heavy (non-hydrogen) atoms. The molecule has 0 radical (unpaired) electrons. The lowest BCUT2D eigenvalue weighted by atomic mass is 11.6. The van der Waals surface area contributed by atoms with Crippen LogP contribution in [0.1, 0.15) is 0 Å². The van der Waals surface area contributed by atoms with E-state index in [-0.39, 0.29) is 0 Å². The van der Waals surface area contributed by atoms with Gasteiger partial charge in [-0.3, -0.25) is 9.13 Å². The van der Waals surface area contributed by atoms with Crippen LogP contribution < -0.4 is 0 Å². The van der Waals surface area contributed by atoms with Crippen molar-refractivity contribution in [1.82, 2.24) is 0 Å². The molecule has 0 spiro atoms. The van der Waals surface area contributed by atoms with Crippen LogP contribution in [0, 0.1) is 0 Å². The van der Waals surface area contributed by atoms with Gasteiger partial charge in [-0.1, -0.05) is 11.6 Å². The highest BCUT2D eigenvalue weighted by atomic mass is 35.5. The van der Waals surface area contributed by atoms with Crippen LogP contribution in [0.4, 0.5) is 0 Å². The van der Waals surface area contributed by atoms with Crippen molar-refractivity contribution in [3.8, 4) is 0 Å². The summed E-state index contributed by atoms with van der Waals surface area (Å²) in [5.41, 5.74) is 0. The zero-order valence-electron chi connectivity index (χ0n) is 4.82. The highest BCUT2D eigenvalue weighted by molar-refractivity contribution is 7.74. The number of rotatable bonds is 2. The smallest absolute Gasteiger partial charge is 0.356 e. The molecule has 0 aliphatic carbocycles. The first-order valence-corrected chi connectivity index (χ1v) is 5.63. The Bertz CT molecular complexity index is 209. The summed E-state index contributed by atoms with van der Waals surface area (Å²) < 4.78 is 16.4. The maximum Gasteiger partial charge on any atom is 0.385 e. The van der Waals surface area contributed by atoms with Crippen LogP contribution in [-0.2, 0) is 9.13 Å². The molecule has 10 heteroatoms. The van der Waals surface area contributed by atoms with E-state index in [2.05, 4.69) is 11.6 Å². The second kappa shape index (κ2) is 2.80. The highest BCUT2D eigenvalue weighted by Gasteiger charge is 2.58. The van der Waals surface area contributed by atoms with Crippen LogP contribution in [-0.4, -0.2) is 29.2 Å². The first kappa shape index (κ1) is 11.6. The van der Waals surface area contributed by atoms with Crippen molar-refractivity contribution in [2.75, 3.05) is 0 Å². The fraction of sp³-hybridized carbons (Fsp3) is 1.00. The predicted octanol–water partition coefficient (Wildman–Crippen LogP) is -0.816. The topological polar surface area (TPSA) is 135 Å². The third kappa shape index (κ3) is 2.24. The third-order valence-electron chi connectivity index (χ3n) is 0.741. The minimum atomic E-state index is -5.43. The summed E-state index contributed by atoms with van der Waals surface area (Å²) in [6, 6.07) is 0. The first-order valence-electron chi connectivity index (χ1n) is 2.02. The summed E-state index contributed by atoms with van der Waals surface area (Å²) in [4.78, 5) is 32.5. The van der Waals surface area contributed by atoms with E-state index in [0.29, 0.717) is 0 Å². The van der Waals surface area contributed by atoms with Crippen molar-refractivity contribution in [1.29, 1.82) is 0 Å². The largest absolute Gasteiger partial charge is 0.385 e. The zero-order chi connectivity index (χ0) is 9.50. The standard InChI is InChI=1S/CH5ClO7P2/c2-1(3,10(4,5)6)11(7,8)9/h3H,(H2,4,5,6)(H2,7,8,9). The molecule has 0 amide bonds. The molecule has 0 aromatic carbocycles. The van der Waals surface area contributed by atoms with Gasteiger partial charge in [-0.25, -0.2) is 0 Å². The molecule has 0 bridgehead atoms. The fourth-order valence-corrected chi connectivity index (χ4v) is 1.53. The van der Waals surface area contributed by atoms with Gasteiger partial charge < -0.3 is 24.7 Å². The lowest BCUT2D eigenvalue weighted by Crippen LogP contribution is -2.20. The molecule has 0 saturated heterocycles. The number of hydrogen-bond donors (Lipinski definition) is 5. The molecule has 0 aliphatic rings. The van der Waals surface area contributed by atoms with E-state index in [0.717, 1.165) is 0 Å². The van der Waals surface area contributed by atoms with Crippen molar-refractivity contribution >= 4 is 26.8 Å². The Hall–Kier alpha value is 0.550. The highest BCUT2D eigenvalue weighted by Crippen LogP contribution is 2.69. The number of aliphatic hydroxyl groups is 1. The Kier molecular flexibility index (Phi) is 2.94. The second-order valence-corrected chi connectivity index (χ2v) is 6.54. The molecule has 0 heterocycles. The molecule has 0 aliphatic heterocycles. The Morgan fingerprint density at radius 3 is 1.18 bits per heavy atom. The Balaban J connectivity index is 5.08. The number of hydrogen-bond acceptors (Lipinski definition) is 3. The zero-order valence-corrected chi connectivity index (χ0v) is 7.37. The Labute approximate surface area is 65.9 Å². The van der Waals surface area contributed by atoms with E-state index in [1.807, 2.05) is 0 Å². The molecule has 0 aromatic rings. The third-order valence-corrected chi connectivity index (χ3v) is 5.11. The number of alkyl halides is 1. The monoisotopic (exact) mass is 226 g/mol. The van der Waals surface area contributed by atoms with Crippen LogP contribution in [0.2, 0.25) is 0 Å². The molecule has 0 unspecified atom stereocenters. The summed E-state index contributed by atoms with van der Waals surface area (Å²) in [5, 5.41) is 8.43. The van der Waals surface area contributed by atoms with Crippen molar-refractivity contribution < 1.29 is 33.8 Å². The molecule has 7 nitrogen and oxygen atoms in total. The minimum Gasteiger partial charge on any atom is -0.356 e. The van der Waals surface area contributed by atoms with Gasteiger partial charge in [0, 0.05) is 0 Å². The molecule has 68 valence electrons. The molecular weight excluding hydrogens is 221 g/mol. The van der Waals surface area contributed by atoms with Crippen molar-refractivity contribution in [2.45, 2.75) is 4.54 Å². The van der Waals surface area contributed by atoms with Crippen LogP contribution >= 0.6 is 26.8 Å². The first-order chi connectivity index (χ1) is 4.50. The van der Waals surface area contributed by atoms with Gasteiger partial charge in [0.2, 0.25) is 0 Å². The quantitative estimate of drug-likeness (QED) is 0.307. The Morgan fingerprint density at radius 1 is 1.00 bits per heavy atom. The van der Waals surface area contributed by atoms with E-state index in [9.17, 15) is 9.13 Å². The fourth-order valence-electron chi connectivity index (χ4n) is 0.170. The average molecular weight is 226 g/mol. The van der Waals surface area contributed by atoms with Gasteiger partial charge in [-0.2, -0.15) is 0 Å². The molecule has 0 rings (SSSR count). The van der Waals surface area contributed by atoms with Crippen LogP contribution in [0.25, 0.3) is 0 Å². The maximum absolute atomic E-state index is 10.1. The Morgan fingerprint density at radius 2 is 1.18 bits per heavy atom. The lowest BCUT2D eigenvalue weighted by Gasteiger charge is -2.21. The summed E-state index contributed by atoms with van der Waals surface area (Å²) in [6.07, 6.45) is 0. The minimum absolute atomic E-state index is 3.82. The van der Waals surface area contributed by atoms with Gasteiger partial charge in [0.1, 0.15) is 0 Å². The van der Waals surface area contributed by atoms with Gasteiger partial charge in [0.15, 0.2) is 0 Å². The van der Waals surface area contributed by atoms with Gasteiger partial charge >= 0.3 is 19.7 Å². The molecule has 5 N–H and O–H groups in total. The van der Waals surface area contributed by atoms with E-state index >= 15 is 0 Å². The van der Waals surface area contributed by atoms with Crippen molar-refractivity contribution in [3.63, 3.8) is 0 Å². The van der Waals surface area contributed by atoms with Crippen LogP contribution in [0.15, 0.2) is 0 Å². The van der Waals surface area contributed by atoms with E-state index < -0.39 is 19.7 Å². The summed E-state index contributed by atoms with van der Waals surface area (Å²) in [7, 11) is -10.9. The predicted molar refractivity (Wildman–Crippen MR) is 34.9 cm³/mol. The van der Waals surface area contributed by atoms with E-state index in [1.54, 1.807) is 0 Å². The average Bonchev–Trinajstić information content (AvgIpc) is 1.58. The molecule has 0 aromatic heterocycles. The summed E-state index contributed by atoms with van der Waals surface area (Å²) in [6.45, 7) is 0.